The van der Waals surface area contributed by atoms with Crippen LogP contribution < -0.4 is 5.32 Å². The highest BCUT2D eigenvalue weighted by molar-refractivity contribution is 5.00. The summed E-state index contributed by atoms with van der Waals surface area (Å²) >= 11 is 0. The summed E-state index contributed by atoms with van der Waals surface area (Å²) < 4.78 is 8.09. The molecule has 0 spiro atoms. The van der Waals surface area contributed by atoms with E-state index in [1.807, 2.05) is 13.2 Å². The van der Waals surface area contributed by atoms with Gasteiger partial charge in [-0.05, 0) is 39.2 Å². The molecule has 0 radical (unpaired) electrons. The minimum Gasteiger partial charge on any atom is -0.378 e. The van der Waals surface area contributed by atoms with E-state index in [1.165, 1.54) is 19.3 Å². The van der Waals surface area contributed by atoms with Crippen molar-refractivity contribution < 1.29 is 4.74 Å². The van der Waals surface area contributed by atoms with Crippen LogP contribution in [0.25, 0.3) is 0 Å². The Balaban J connectivity index is 2.00. The summed E-state index contributed by atoms with van der Waals surface area (Å²) in [5, 5.41) is 3.39. The number of hydrogen-bond acceptors (Lipinski definition) is 3. The second kappa shape index (κ2) is 6.90. The van der Waals surface area contributed by atoms with E-state index < -0.39 is 0 Å². The van der Waals surface area contributed by atoms with E-state index in [0.29, 0.717) is 12.1 Å². The van der Waals surface area contributed by atoms with E-state index in [1.54, 1.807) is 0 Å². The summed E-state index contributed by atoms with van der Waals surface area (Å²) in [6.07, 6.45) is 10.2. The van der Waals surface area contributed by atoms with E-state index in [4.69, 9.17) is 4.74 Å². The minimum atomic E-state index is 0.301. The van der Waals surface area contributed by atoms with Gasteiger partial charge in [-0.2, -0.15) is 0 Å². The highest BCUT2D eigenvalue weighted by Crippen LogP contribution is 2.24. The second-order valence-corrected chi connectivity index (χ2v) is 5.04. The standard InChI is InChI=1S/C14H25N3O/c1-3-8-17-9-7-16-14(17)13(15-2)11-12-6-4-5-10-18-12/h7,9,12-13,15H,3-6,8,10-11H2,1-2H3. The first-order chi connectivity index (χ1) is 8.85. The molecule has 18 heavy (non-hydrogen) atoms. The first-order valence-electron chi connectivity index (χ1n) is 7.15. The zero-order chi connectivity index (χ0) is 12.8. The van der Waals surface area contributed by atoms with Crippen LogP contribution in [0.4, 0.5) is 0 Å². The largest absolute Gasteiger partial charge is 0.378 e. The molecule has 1 aromatic heterocycles. The van der Waals surface area contributed by atoms with Gasteiger partial charge < -0.3 is 14.6 Å². The highest BCUT2D eigenvalue weighted by Gasteiger charge is 2.22. The first-order valence-corrected chi connectivity index (χ1v) is 7.15. The summed E-state index contributed by atoms with van der Waals surface area (Å²) in [4.78, 5) is 4.52. The number of aromatic nitrogens is 2. The molecule has 2 unspecified atom stereocenters. The third-order valence-electron chi connectivity index (χ3n) is 3.64. The molecular weight excluding hydrogens is 226 g/mol. The van der Waals surface area contributed by atoms with Gasteiger partial charge in [-0.15, -0.1) is 0 Å². The Kier molecular flexibility index (Phi) is 5.20. The van der Waals surface area contributed by atoms with Gasteiger partial charge in [0.15, 0.2) is 0 Å². The topological polar surface area (TPSA) is 39.1 Å². The Morgan fingerprint density at radius 3 is 3.11 bits per heavy atom. The molecule has 0 bridgehead atoms. The van der Waals surface area contributed by atoms with Gasteiger partial charge in [-0.3, -0.25) is 0 Å². The van der Waals surface area contributed by atoms with Gasteiger partial charge in [-0.1, -0.05) is 6.92 Å². The number of nitrogens with zero attached hydrogens (tertiary/aromatic N) is 2. The van der Waals surface area contributed by atoms with Gasteiger partial charge in [0.25, 0.3) is 0 Å². The molecule has 1 aromatic rings. The maximum atomic E-state index is 5.83. The molecule has 4 heteroatoms. The van der Waals surface area contributed by atoms with E-state index in [-0.39, 0.29) is 0 Å². The molecule has 2 rings (SSSR count). The van der Waals surface area contributed by atoms with E-state index in [9.17, 15) is 0 Å². The number of nitrogens with one attached hydrogen (secondary N) is 1. The third kappa shape index (κ3) is 3.33. The monoisotopic (exact) mass is 251 g/mol. The summed E-state index contributed by atoms with van der Waals surface area (Å²) in [5.41, 5.74) is 0. The average Bonchev–Trinajstić information content (AvgIpc) is 2.86. The third-order valence-corrected chi connectivity index (χ3v) is 3.64. The highest BCUT2D eigenvalue weighted by atomic mass is 16.5. The average molecular weight is 251 g/mol. The van der Waals surface area contributed by atoms with Gasteiger partial charge in [-0.25, -0.2) is 4.98 Å². The van der Waals surface area contributed by atoms with E-state index in [2.05, 4.69) is 28.0 Å². The molecule has 4 nitrogen and oxygen atoms in total. The van der Waals surface area contributed by atoms with Crippen molar-refractivity contribution in [2.24, 2.45) is 0 Å². The van der Waals surface area contributed by atoms with Crippen LogP contribution in [-0.4, -0.2) is 29.3 Å². The first kappa shape index (κ1) is 13.6. The predicted molar refractivity (Wildman–Crippen MR) is 72.5 cm³/mol. The van der Waals surface area contributed by atoms with E-state index >= 15 is 0 Å². The molecule has 1 N–H and O–H groups in total. The van der Waals surface area contributed by atoms with Crippen molar-refractivity contribution >= 4 is 0 Å². The summed E-state index contributed by atoms with van der Waals surface area (Å²) in [6, 6.07) is 0.301. The smallest absolute Gasteiger partial charge is 0.125 e. The fourth-order valence-electron chi connectivity index (χ4n) is 2.67. The summed E-state index contributed by atoms with van der Waals surface area (Å²) in [6.45, 7) is 4.16. The lowest BCUT2D eigenvalue weighted by Gasteiger charge is -2.27. The Morgan fingerprint density at radius 1 is 1.56 bits per heavy atom. The van der Waals surface area contributed by atoms with Crippen molar-refractivity contribution in [1.82, 2.24) is 14.9 Å². The molecule has 1 aliphatic rings. The van der Waals surface area contributed by atoms with Crippen LogP contribution in [0.2, 0.25) is 0 Å². The van der Waals surface area contributed by atoms with Crippen LogP contribution in [0.15, 0.2) is 12.4 Å². The van der Waals surface area contributed by atoms with Gasteiger partial charge in [0.2, 0.25) is 0 Å². The lowest BCUT2D eigenvalue weighted by molar-refractivity contribution is 0.00476. The van der Waals surface area contributed by atoms with Crippen LogP contribution in [0.1, 0.15) is 50.9 Å². The molecule has 1 saturated heterocycles. The molecule has 2 heterocycles. The Hall–Kier alpha value is -0.870. The van der Waals surface area contributed by atoms with Gasteiger partial charge >= 0.3 is 0 Å². The zero-order valence-electron chi connectivity index (χ0n) is 11.6. The lowest BCUT2D eigenvalue weighted by atomic mass is 10.0. The quantitative estimate of drug-likeness (QED) is 0.844. The summed E-state index contributed by atoms with van der Waals surface area (Å²) in [5.74, 6) is 1.15. The molecule has 0 saturated carbocycles. The minimum absolute atomic E-state index is 0.301. The fraction of sp³-hybridized carbons (Fsp3) is 0.786. The van der Waals surface area contributed by atoms with Crippen molar-refractivity contribution in [2.75, 3.05) is 13.7 Å². The number of hydrogen-bond donors (Lipinski definition) is 1. The van der Waals surface area contributed by atoms with Crippen LogP contribution >= 0.6 is 0 Å². The molecule has 1 fully saturated rings. The zero-order valence-corrected chi connectivity index (χ0v) is 11.6. The molecule has 0 aromatic carbocycles. The van der Waals surface area contributed by atoms with Gasteiger partial charge in [0.1, 0.15) is 5.82 Å². The predicted octanol–water partition coefficient (Wildman–Crippen LogP) is 2.51. The van der Waals surface area contributed by atoms with Crippen molar-refractivity contribution in [2.45, 2.75) is 57.7 Å². The number of rotatable bonds is 6. The molecule has 1 aliphatic heterocycles. The second-order valence-electron chi connectivity index (χ2n) is 5.04. The van der Waals surface area contributed by atoms with Gasteiger partial charge in [0.05, 0.1) is 12.1 Å². The normalized spacial score (nSPS) is 22.0. The maximum Gasteiger partial charge on any atom is 0.125 e. The maximum absolute atomic E-state index is 5.83. The van der Waals surface area contributed by atoms with Crippen molar-refractivity contribution in [1.29, 1.82) is 0 Å². The van der Waals surface area contributed by atoms with Crippen molar-refractivity contribution in [3.63, 3.8) is 0 Å². The molecule has 2 atom stereocenters. The Morgan fingerprint density at radius 2 is 2.44 bits per heavy atom. The Bertz CT molecular complexity index is 345. The number of imidazole rings is 1. The van der Waals surface area contributed by atoms with E-state index in [0.717, 1.165) is 31.8 Å². The molecule has 0 amide bonds. The molecule has 102 valence electrons. The van der Waals surface area contributed by atoms with Crippen LogP contribution in [-0.2, 0) is 11.3 Å². The number of aryl methyl sites for hydroxylation is 1. The van der Waals surface area contributed by atoms with Crippen LogP contribution in [0.3, 0.4) is 0 Å². The lowest BCUT2D eigenvalue weighted by Crippen LogP contribution is -2.28. The van der Waals surface area contributed by atoms with Crippen molar-refractivity contribution in [3.05, 3.63) is 18.2 Å². The van der Waals surface area contributed by atoms with Crippen LogP contribution in [0, 0.1) is 0 Å². The van der Waals surface area contributed by atoms with Gasteiger partial charge in [0, 0.05) is 25.5 Å². The SMILES string of the molecule is CCCn1ccnc1C(CC1CCCCO1)NC. The number of ether oxygens (including phenoxy) is 1. The van der Waals surface area contributed by atoms with Crippen molar-refractivity contribution in [3.8, 4) is 0 Å². The fourth-order valence-corrected chi connectivity index (χ4v) is 2.67. The Labute approximate surface area is 110 Å². The van der Waals surface area contributed by atoms with Crippen LogP contribution in [0.5, 0.6) is 0 Å². The summed E-state index contributed by atoms with van der Waals surface area (Å²) in [7, 11) is 2.01. The molecule has 0 aliphatic carbocycles. The molecular formula is C14H25N3O.